The Morgan fingerprint density at radius 3 is 2.80 bits per heavy atom. The predicted octanol–water partition coefficient (Wildman–Crippen LogP) is 2.59. The second-order valence-corrected chi connectivity index (χ2v) is 5.17. The number of benzene rings is 2. The van der Waals surface area contributed by atoms with E-state index in [0.717, 1.165) is 0 Å². The highest BCUT2D eigenvalue weighted by Crippen LogP contribution is 2.24. The third kappa shape index (κ3) is 3.14. The van der Waals surface area contributed by atoms with Crippen LogP contribution in [0.4, 0.5) is 11.5 Å². The summed E-state index contributed by atoms with van der Waals surface area (Å²) in [7, 11) is 1.54. The molecule has 0 bridgehead atoms. The molecule has 0 fully saturated rings. The number of nitrogen functional groups attached to an aromatic ring is 1. The lowest BCUT2D eigenvalue weighted by Gasteiger charge is -2.11. The van der Waals surface area contributed by atoms with Crippen LogP contribution in [0.3, 0.4) is 0 Å². The molecule has 25 heavy (non-hydrogen) atoms. The van der Waals surface area contributed by atoms with Crippen LogP contribution >= 0.6 is 0 Å². The van der Waals surface area contributed by atoms with Gasteiger partial charge in [0.2, 0.25) is 0 Å². The van der Waals surface area contributed by atoms with E-state index in [4.69, 9.17) is 15.7 Å². The molecule has 124 valence electrons. The van der Waals surface area contributed by atoms with Crippen LogP contribution in [-0.4, -0.2) is 22.8 Å². The first-order valence-corrected chi connectivity index (χ1v) is 7.42. The minimum absolute atomic E-state index is 0.227. The number of nitrogens with zero attached hydrogens (tertiary/aromatic N) is 3. The first kappa shape index (κ1) is 16.1. The summed E-state index contributed by atoms with van der Waals surface area (Å²) in [6.07, 6.45) is 1.39. The minimum Gasteiger partial charge on any atom is -0.495 e. The van der Waals surface area contributed by atoms with Gasteiger partial charge in [0.05, 0.1) is 24.7 Å². The summed E-state index contributed by atoms with van der Waals surface area (Å²) >= 11 is 0. The van der Waals surface area contributed by atoms with E-state index < -0.39 is 0 Å². The van der Waals surface area contributed by atoms with E-state index in [9.17, 15) is 4.79 Å². The number of ether oxygens (including phenoxy) is 1. The van der Waals surface area contributed by atoms with Gasteiger partial charge in [-0.3, -0.25) is 4.79 Å². The van der Waals surface area contributed by atoms with Crippen molar-refractivity contribution in [2.45, 2.75) is 0 Å². The van der Waals surface area contributed by atoms with Crippen LogP contribution in [0.15, 0.2) is 54.7 Å². The van der Waals surface area contributed by atoms with Crippen LogP contribution in [0.25, 0.3) is 5.69 Å². The molecule has 3 aromatic rings. The minimum atomic E-state index is -0.294. The Balaban J connectivity index is 1.90. The average Bonchev–Trinajstić information content (AvgIpc) is 3.02. The first-order valence-electron chi connectivity index (χ1n) is 7.42. The smallest absolute Gasteiger partial charge is 0.255 e. The van der Waals surface area contributed by atoms with Crippen molar-refractivity contribution in [2.75, 3.05) is 18.2 Å². The van der Waals surface area contributed by atoms with Gasteiger partial charge in [0.25, 0.3) is 5.91 Å². The van der Waals surface area contributed by atoms with E-state index in [0.29, 0.717) is 22.7 Å². The van der Waals surface area contributed by atoms with Crippen LogP contribution in [-0.2, 0) is 0 Å². The number of hydrogen-bond donors (Lipinski definition) is 2. The fraction of sp³-hybridized carbons (Fsp3) is 0.0556. The lowest BCUT2D eigenvalue weighted by molar-refractivity contribution is 0.102. The summed E-state index contributed by atoms with van der Waals surface area (Å²) in [5.41, 5.74) is 7.77. The molecule has 0 saturated carbocycles. The molecule has 0 spiro atoms. The molecule has 3 N–H and O–H groups in total. The van der Waals surface area contributed by atoms with E-state index in [1.54, 1.807) is 43.5 Å². The van der Waals surface area contributed by atoms with Crippen LogP contribution in [0.1, 0.15) is 15.9 Å². The number of rotatable bonds is 4. The number of para-hydroxylation sites is 2. The van der Waals surface area contributed by atoms with Crippen molar-refractivity contribution >= 4 is 17.4 Å². The van der Waals surface area contributed by atoms with Gasteiger partial charge in [0.15, 0.2) is 0 Å². The van der Waals surface area contributed by atoms with E-state index in [1.807, 2.05) is 18.2 Å². The molecule has 1 aromatic heterocycles. The van der Waals surface area contributed by atoms with Crippen molar-refractivity contribution in [3.63, 3.8) is 0 Å². The van der Waals surface area contributed by atoms with Gasteiger partial charge in [-0.2, -0.15) is 10.4 Å². The summed E-state index contributed by atoms with van der Waals surface area (Å²) in [5, 5.41) is 15.9. The van der Waals surface area contributed by atoms with Gasteiger partial charge in [0.1, 0.15) is 23.2 Å². The van der Waals surface area contributed by atoms with Gasteiger partial charge in [-0.25, -0.2) is 4.68 Å². The molecule has 1 amide bonds. The van der Waals surface area contributed by atoms with Gasteiger partial charge < -0.3 is 15.8 Å². The molecular formula is C18H15N5O2. The first-order chi connectivity index (χ1) is 12.1. The topological polar surface area (TPSA) is 106 Å². The molecule has 0 saturated heterocycles. The Labute approximate surface area is 144 Å². The second kappa shape index (κ2) is 6.76. The SMILES string of the molecule is COc1ccccc1NC(=O)c1cccc(-n2ncc(C#N)c2N)c1. The van der Waals surface area contributed by atoms with Gasteiger partial charge in [0, 0.05) is 5.56 Å². The summed E-state index contributed by atoms with van der Waals surface area (Å²) in [5.74, 6) is 0.504. The Bertz CT molecular complexity index is 972. The van der Waals surface area contributed by atoms with Gasteiger partial charge in [-0.05, 0) is 30.3 Å². The van der Waals surface area contributed by atoms with Crippen molar-refractivity contribution in [2.24, 2.45) is 0 Å². The standard InChI is InChI=1S/C18H15N5O2/c1-25-16-8-3-2-7-15(16)22-18(24)12-5-4-6-14(9-12)23-17(20)13(10-19)11-21-23/h2-9,11H,20H2,1H3,(H,22,24). The summed E-state index contributed by atoms with van der Waals surface area (Å²) in [4.78, 5) is 12.5. The average molecular weight is 333 g/mol. The Kier molecular flexibility index (Phi) is 4.35. The quantitative estimate of drug-likeness (QED) is 0.763. The lowest BCUT2D eigenvalue weighted by Crippen LogP contribution is -2.13. The number of methoxy groups -OCH3 is 1. The van der Waals surface area contributed by atoms with Gasteiger partial charge in [-0.1, -0.05) is 18.2 Å². The molecule has 7 heteroatoms. The summed E-state index contributed by atoms with van der Waals surface area (Å²) < 4.78 is 6.65. The molecule has 0 radical (unpaired) electrons. The zero-order valence-electron chi connectivity index (χ0n) is 13.4. The summed E-state index contributed by atoms with van der Waals surface area (Å²) in [6.45, 7) is 0. The largest absolute Gasteiger partial charge is 0.495 e. The fourth-order valence-corrected chi connectivity index (χ4v) is 2.37. The molecule has 1 heterocycles. The monoisotopic (exact) mass is 333 g/mol. The van der Waals surface area contributed by atoms with Crippen molar-refractivity contribution in [3.05, 3.63) is 65.9 Å². The number of carbonyl (C=O) groups is 1. The molecular weight excluding hydrogens is 318 g/mol. The van der Waals surface area contributed by atoms with E-state index in [-0.39, 0.29) is 17.3 Å². The Morgan fingerprint density at radius 1 is 1.28 bits per heavy atom. The van der Waals surface area contributed by atoms with E-state index >= 15 is 0 Å². The van der Waals surface area contributed by atoms with Crippen molar-refractivity contribution in [3.8, 4) is 17.5 Å². The number of carbonyl (C=O) groups excluding carboxylic acids is 1. The Hall–Kier alpha value is -3.79. The summed E-state index contributed by atoms with van der Waals surface area (Å²) in [6, 6.07) is 15.9. The second-order valence-electron chi connectivity index (χ2n) is 5.17. The zero-order valence-corrected chi connectivity index (χ0v) is 13.4. The van der Waals surface area contributed by atoms with Crippen LogP contribution in [0.2, 0.25) is 0 Å². The van der Waals surface area contributed by atoms with Crippen molar-refractivity contribution in [1.29, 1.82) is 5.26 Å². The van der Waals surface area contributed by atoms with Crippen molar-refractivity contribution in [1.82, 2.24) is 9.78 Å². The number of nitrogens with one attached hydrogen (secondary N) is 1. The lowest BCUT2D eigenvalue weighted by atomic mass is 10.1. The number of hydrogen-bond acceptors (Lipinski definition) is 5. The molecule has 3 rings (SSSR count). The molecule has 7 nitrogen and oxygen atoms in total. The third-order valence-electron chi connectivity index (χ3n) is 3.63. The van der Waals surface area contributed by atoms with E-state index in [1.165, 1.54) is 10.9 Å². The molecule has 0 aliphatic heterocycles. The Morgan fingerprint density at radius 2 is 2.08 bits per heavy atom. The molecule has 0 aliphatic rings. The van der Waals surface area contributed by atoms with Crippen molar-refractivity contribution < 1.29 is 9.53 Å². The van der Waals surface area contributed by atoms with Crippen LogP contribution in [0, 0.1) is 11.3 Å². The maximum absolute atomic E-state index is 12.5. The number of anilines is 2. The molecule has 0 atom stereocenters. The van der Waals surface area contributed by atoms with Gasteiger partial charge >= 0.3 is 0 Å². The van der Waals surface area contributed by atoms with Crippen LogP contribution < -0.4 is 15.8 Å². The normalized spacial score (nSPS) is 10.1. The van der Waals surface area contributed by atoms with E-state index in [2.05, 4.69) is 10.4 Å². The van der Waals surface area contributed by atoms with Crippen LogP contribution in [0.5, 0.6) is 5.75 Å². The third-order valence-corrected chi connectivity index (χ3v) is 3.63. The predicted molar refractivity (Wildman–Crippen MR) is 93.6 cm³/mol. The highest BCUT2D eigenvalue weighted by Gasteiger charge is 2.13. The zero-order chi connectivity index (χ0) is 17.8. The van der Waals surface area contributed by atoms with Gasteiger partial charge in [-0.15, -0.1) is 0 Å². The highest BCUT2D eigenvalue weighted by atomic mass is 16.5. The maximum Gasteiger partial charge on any atom is 0.255 e. The molecule has 0 aliphatic carbocycles. The number of amides is 1. The molecule has 0 unspecified atom stereocenters. The maximum atomic E-state index is 12.5. The fourth-order valence-electron chi connectivity index (χ4n) is 2.37. The number of nitriles is 1. The number of aromatic nitrogens is 2. The highest BCUT2D eigenvalue weighted by molar-refractivity contribution is 6.05. The number of nitrogens with two attached hydrogens (primary N) is 1. The molecule has 2 aromatic carbocycles.